The maximum atomic E-state index is 2.32. The van der Waals surface area contributed by atoms with E-state index in [1.165, 1.54) is 16.7 Å². The van der Waals surface area contributed by atoms with Gasteiger partial charge in [-0.3, -0.25) is 0 Å². The summed E-state index contributed by atoms with van der Waals surface area (Å²) >= 11 is 0. The third-order valence-electron chi connectivity index (χ3n) is 2.62. The van der Waals surface area contributed by atoms with Gasteiger partial charge in [-0.2, -0.15) is 0 Å². The fraction of sp³-hybridized carbons (Fsp3) is 0.467. The second-order valence-corrected chi connectivity index (χ2v) is 4.71. The van der Waals surface area contributed by atoms with Crippen molar-refractivity contribution in [1.82, 2.24) is 0 Å². The Morgan fingerprint density at radius 3 is 2.27 bits per heavy atom. The summed E-state index contributed by atoms with van der Waals surface area (Å²) in [5.41, 5.74) is 5.93. The SMILES string of the molecule is CC(C)=CCC1=C(CC=C(C)C)CC=C1. The van der Waals surface area contributed by atoms with Gasteiger partial charge in [0.15, 0.2) is 0 Å². The maximum absolute atomic E-state index is 2.32. The second kappa shape index (κ2) is 5.75. The number of allylic oxidation sites excluding steroid dienone is 8. The van der Waals surface area contributed by atoms with Crippen LogP contribution in [0.25, 0.3) is 0 Å². The Bertz CT molecular complexity index is 327. The summed E-state index contributed by atoms with van der Waals surface area (Å²) < 4.78 is 0. The van der Waals surface area contributed by atoms with E-state index in [1.807, 2.05) is 0 Å². The normalized spacial score (nSPS) is 14.4. The van der Waals surface area contributed by atoms with E-state index in [1.54, 1.807) is 5.57 Å². The molecule has 0 aromatic heterocycles. The molecule has 1 aliphatic carbocycles. The summed E-state index contributed by atoms with van der Waals surface area (Å²) in [6, 6.07) is 0. The predicted octanol–water partition coefficient (Wildman–Crippen LogP) is 4.96. The molecule has 0 heteroatoms. The average Bonchev–Trinajstić information content (AvgIpc) is 2.58. The summed E-state index contributed by atoms with van der Waals surface area (Å²) in [6.45, 7) is 8.65. The monoisotopic (exact) mass is 202 g/mol. The molecule has 0 saturated heterocycles. The van der Waals surface area contributed by atoms with Gasteiger partial charge in [0.2, 0.25) is 0 Å². The Hall–Kier alpha value is -1.04. The van der Waals surface area contributed by atoms with Crippen LogP contribution in [0.4, 0.5) is 0 Å². The first-order valence-electron chi connectivity index (χ1n) is 5.73. The van der Waals surface area contributed by atoms with Crippen molar-refractivity contribution in [2.75, 3.05) is 0 Å². The molecule has 0 heterocycles. The van der Waals surface area contributed by atoms with Gasteiger partial charge in [0.1, 0.15) is 0 Å². The molecule has 1 aliphatic rings. The van der Waals surface area contributed by atoms with E-state index in [-0.39, 0.29) is 0 Å². The lowest BCUT2D eigenvalue weighted by molar-refractivity contribution is 1.07. The van der Waals surface area contributed by atoms with Gasteiger partial charge in [-0.25, -0.2) is 0 Å². The van der Waals surface area contributed by atoms with Crippen molar-refractivity contribution in [1.29, 1.82) is 0 Å². The van der Waals surface area contributed by atoms with Gasteiger partial charge in [0.25, 0.3) is 0 Å². The molecule has 0 unspecified atom stereocenters. The summed E-state index contributed by atoms with van der Waals surface area (Å²) in [7, 11) is 0. The third kappa shape index (κ3) is 4.33. The summed E-state index contributed by atoms with van der Waals surface area (Å²) in [6.07, 6.45) is 12.6. The minimum Gasteiger partial charge on any atom is -0.0818 e. The highest BCUT2D eigenvalue weighted by Crippen LogP contribution is 2.25. The van der Waals surface area contributed by atoms with Crippen LogP contribution in [0.5, 0.6) is 0 Å². The van der Waals surface area contributed by atoms with Crippen LogP contribution in [-0.4, -0.2) is 0 Å². The summed E-state index contributed by atoms with van der Waals surface area (Å²) in [5.74, 6) is 0. The molecule has 0 spiro atoms. The Morgan fingerprint density at radius 2 is 1.67 bits per heavy atom. The van der Waals surface area contributed by atoms with Crippen molar-refractivity contribution in [2.45, 2.75) is 47.0 Å². The fourth-order valence-electron chi connectivity index (χ4n) is 1.66. The molecule has 0 amide bonds. The minimum absolute atomic E-state index is 1.10. The molecule has 1 rings (SSSR count). The van der Waals surface area contributed by atoms with Crippen LogP contribution in [-0.2, 0) is 0 Å². The first kappa shape index (κ1) is 12.0. The van der Waals surface area contributed by atoms with Crippen LogP contribution in [0.3, 0.4) is 0 Å². The smallest absolute Gasteiger partial charge is 0.00953 e. The van der Waals surface area contributed by atoms with Crippen molar-refractivity contribution in [3.8, 4) is 0 Å². The number of rotatable bonds is 4. The molecule has 0 N–H and O–H groups in total. The summed E-state index contributed by atoms with van der Waals surface area (Å²) in [5, 5.41) is 0. The van der Waals surface area contributed by atoms with Crippen LogP contribution >= 0.6 is 0 Å². The zero-order valence-electron chi connectivity index (χ0n) is 10.4. The summed E-state index contributed by atoms with van der Waals surface area (Å²) in [4.78, 5) is 0. The highest BCUT2D eigenvalue weighted by molar-refractivity contribution is 5.36. The molecular formula is C15H22. The van der Waals surface area contributed by atoms with Crippen molar-refractivity contribution in [2.24, 2.45) is 0 Å². The van der Waals surface area contributed by atoms with E-state index >= 15 is 0 Å². The zero-order chi connectivity index (χ0) is 11.3. The molecular weight excluding hydrogens is 180 g/mol. The molecule has 0 aromatic rings. The second-order valence-electron chi connectivity index (χ2n) is 4.71. The van der Waals surface area contributed by atoms with Gasteiger partial charge < -0.3 is 0 Å². The molecule has 0 aliphatic heterocycles. The highest BCUT2D eigenvalue weighted by Gasteiger charge is 2.06. The Balaban J connectivity index is 2.65. The molecule has 15 heavy (non-hydrogen) atoms. The van der Waals surface area contributed by atoms with Crippen molar-refractivity contribution in [3.05, 3.63) is 46.6 Å². The minimum atomic E-state index is 1.10. The fourth-order valence-corrected chi connectivity index (χ4v) is 1.66. The average molecular weight is 202 g/mol. The molecule has 0 radical (unpaired) electrons. The Labute approximate surface area is 94.1 Å². The zero-order valence-corrected chi connectivity index (χ0v) is 10.4. The molecule has 0 fully saturated rings. The van der Waals surface area contributed by atoms with Gasteiger partial charge in [0.05, 0.1) is 0 Å². The number of hydrogen-bond acceptors (Lipinski definition) is 0. The lowest BCUT2D eigenvalue weighted by atomic mass is 10.0. The molecule has 0 bridgehead atoms. The van der Waals surface area contributed by atoms with Crippen LogP contribution in [0.2, 0.25) is 0 Å². The highest BCUT2D eigenvalue weighted by atomic mass is 14.1. The largest absolute Gasteiger partial charge is 0.0818 e. The van der Waals surface area contributed by atoms with Gasteiger partial charge in [-0.05, 0) is 52.5 Å². The quantitative estimate of drug-likeness (QED) is 0.565. The van der Waals surface area contributed by atoms with Crippen molar-refractivity contribution < 1.29 is 0 Å². The molecule has 0 aromatic carbocycles. The maximum Gasteiger partial charge on any atom is -0.00953 e. The first-order chi connectivity index (χ1) is 7.09. The molecule has 0 atom stereocenters. The van der Waals surface area contributed by atoms with E-state index in [9.17, 15) is 0 Å². The van der Waals surface area contributed by atoms with Gasteiger partial charge in [-0.1, -0.05) is 41.0 Å². The standard InChI is InChI=1S/C15H22/c1-12(2)8-10-14-6-5-7-15(14)11-9-13(3)4/h5-6,8-9H,7,10-11H2,1-4H3. The van der Waals surface area contributed by atoms with Crippen molar-refractivity contribution in [3.63, 3.8) is 0 Å². The van der Waals surface area contributed by atoms with E-state index in [0.29, 0.717) is 0 Å². The molecule has 0 nitrogen and oxygen atoms in total. The third-order valence-corrected chi connectivity index (χ3v) is 2.62. The van der Waals surface area contributed by atoms with Crippen LogP contribution in [0.15, 0.2) is 46.6 Å². The van der Waals surface area contributed by atoms with E-state index < -0.39 is 0 Å². The van der Waals surface area contributed by atoms with Crippen LogP contribution < -0.4 is 0 Å². The first-order valence-corrected chi connectivity index (χ1v) is 5.73. The topological polar surface area (TPSA) is 0 Å². The van der Waals surface area contributed by atoms with E-state index in [2.05, 4.69) is 52.0 Å². The Morgan fingerprint density at radius 1 is 1.07 bits per heavy atom. The van der Waals surface area contributed by atoms with E-state index in [0.717, 1.165) is 19.3 Å². The lowest BCUT2D eigenvalue weighted by Crippen LogP contribution is -1.83. The van der Waals surface area contributed by atoms with Gasteiger partial charge in [-0.15, -0.1) is 0 Å². The van der Waals surface area contributed by atoms with Crippen LogP contribution in [0.1, 0.15) is 47.0 Å². The van der Waals surface area contributed by atoms with E-state index in [4.69, 9.17) is 0 Å². The lowest BCUT2D eigenvalue weighted by Gasteiger charge is -2.03. The van der Waals surface area contributed by atoms with Gasteiger partial charge >= 0.3 is 0 Å². The van der Waals surface area contributed by atoms with Crippen molar-refractivity contribution >= 4 is 0 Å². The number of hydrogen-bond donors (Lipinski definition) is 0. The molecule has 0 saturated carbocycles. The molecule has 82 valence electrons. The van der Waals surface area contributed by atoms with Gasteiger partial charge in [0, 0.05) is 0 Å². The Kier molecular flexibility index (Phi) is 4.61. The van der Waals surface area contributed by atoms with Crippen LogP contribution in [0, 0.1) is 0 Å². The predicted molar refractivity (Wildman–Crippen MR) is 68.9 cm³/mol.